The summed E-state index contributed by atoms with van der Waals surface area (Å²) in [7, 11) is 0. The third kappa shape index (κ3) is 4.32. The van der Waals surface area contributed by atoms with Crippen LogP contribution in [0.25, 0.3) is 0 Å². The van der Waals surface area contributed by atoms with E-state index in [2.05, 4.69) is 29.4 Å². The summed E-state index contributed by atoms with van der Waals surface area (Å²) in [5.41, 5.74) is 0.591. The van der Waals surface area contributed by atoms with E-state index in [1.807, 2.05) is 12.1 Å². The lowest BCUT2D eigenvalue weighted by Crippen LogP contribution is -2.11. The van der Waals surface area contributed by atoms with Gasteiger partial charge in [-0.15, -0.1) is 10.2 Å². The van der Waals surface area contributed by atoms with Gasteiger partial charge in [0.05, 0.1) is 6.61 Å². The van der Waals surface area contributed by atoms with Crippen molar-refractivity contribution in [3.8, 4) is 5.75 Å². The molecular weight excluding hydrogens is 322 g/mol. The van der Waals surface area contributed by atoms with Crippen LogP contribution in [0, 0.1) is 5.92 Å². The second kappa shape index (κ2) is 7.75. The first-order valence-electron chi connectivity index (χ1n) is 8.57. The van der Waals surface area contributed by atoms with Crippen LogP contribution in [0.2, 0.25) is 0 Å². The summed E-state index contributed by atoms with van der Waals surface area (Å²) < 4.78 is 5.69. The summed E-state index contributed by atoms with van der Waals surface area (Å²) in [6, 6.07) is 7.24. The van der Waals surface area contributed by atoms with Crippen molar-refractivity contribution in [2.24, 2.45) is 5.92 Å². The van der Waals surface area contributed by atoms with E-state index in [1.54, 1.807) is 12.1 Å². The summed E-state index contributed by atoms with van der Waals surface area (Å²) in [6.07, 6.45) is 4.59. The van der Waals surface area contributed by atoms with Crippen molar-refractivity contribution >= 4 is 22.4 Å². The van der Waals surface area contributed by atoms with Crippen molar-refractivity contribution in [3.63, 3.8) is 0 Å². The maximum Gasteiger partial charge on any atom is 0.257 e. The Labute approximate surface area is 146 Å². The highest BCUT2D eigenvalue weighted by molar-refractivity contribution is 7.15. The van der Waals surface area contributed by atoms with Gasteiger partial charge in [-0.05, 0) is 55.9 Å². The molecule has 1 heterocycles. The molecule has 5 nitrogen and oxygen atoms in total. The number of ether oxygens (including phenoxy) is 1. The van der Waals surface area contributed by atoms with E-state index in [0.29, 0.717) is 16.6 Å². The minimum Gasteiger partial charge on any atom is -0.493 e. The van der Waals surface area contributed by atoms with Crippen LogP contribution in [0.15, 0.2) is 24.3 Å². The molecule has 1 N–H and O–H groups in total. The number of amides is 1. The van der Waals surface area contributed by atoms with Gasteiger partial charge in [-0.3, -0.25) is 10.1 Å². The van der Waals surface area contributed by atoms with Crippen LogP contribution in [0.5, 0.6) is 5.75 Å². The normalized spacial score (nSPS) is 14.0. The third-order valence-electron chi connectivity index (χ3n) is 4.30. The van der Waals surface area contributed by atoms with Crippen molar-refractivity contribution in [2.75, 3.05) is 11.9 Å². The van der Waals surface area contributed by atoms with Gasteiger partial charge in [-0.2, -0.15) is 0 Å². The molecule has 0 atom stereocenters. The number of hydrogen-bond acceptors (Lipinski definition) is 5. The van der Waals surface area contributed by atoms with Crippen LogP contribution in [0.1, 0.15) is 60.8 Å². The maximum atomic E-state index is 12.3. The van der Waals surface area contributed by atoms with Gasteiger partial charge in [-0.1, -0.05) is 25.2 Å². The van der Waals surface area contributed by atoms with Crippen LogP contribution >= 0.6 is 11.3 Å². The monoisotopic (exact) mass is 345 g/mol. The fourth-order valence-electron chi connectivity index (χ4n) is 2.46. The predicted octanol–water partition coefficient (Wildman–Crippen LogP) is 4.48. The Morgan fingerprint density at radius 3 is 2.58 bits per heavy atom. The molecule has 6 heteroatoms. The van der Waals surface area contributed by atoms with E-state index in [0.717, 1.165) is 36.1 Å². The Morgan fingerprint density at radius 1 is 1.25 bits per heavy atom. The van der Waals surface area contributed by atoms with Crippen molar-refractivity contribution in [1.82, 2.24) is 10.2 Å². The molecule has 128 valence electrons. The number of hydrogen-bond donors (Lipinski definition) is 1. The Morgan fingerprint density at radius 2 is 1.96 bits per heavy atom. The van der Waals surface area contributed by atoms with Crippen LogP contribution in [-0.2, 0) is 0 Å². The average Bonchev–Trinajstić information content (AvgIpc) is 3.33. The van der Waals surface area contributed by atoms with Gasteiger partial charge in [-0.25, -0.2) is 0 Å². The lowest BCUT2D eigenvalue weighted by molar-refractivity contribution is 0.102. The fraction of sp³-hybridized carbons (Fsp3) is 0.500. The first kappa shape index (κ1) is 16.9. The van der Waals surface area contributed by atoms with Crippen LogP contribution in [-0.4, -0.2) is 22.7 Å². The number of carbonyl (C=O) groups is 1. The summed E-state index contributed by atoms with van der Waals surface area (Å²) >= 11 is 1.46. The largest absolute Gasteiger partial charge is 0.493 e. The number of carbonyl (C=O) groups excluding carboxylic acids is 1. The van der Waals surface area contributed by atoms with E-state index in [4.69, 9.17) is 4.74 Å². The molecule has 0 aliphatic heterocycles. The molecule has 0 unspecified atom stereocenters. The molecular formula is C18H23N3O2S. The number of nitrogens with one attached hydrogen (secondary N) is 1. The lowest BCUT2D eigenvalue weighted by atomic mass is 10.1. The van der Waals surface area contributed by atoms with Gasteiger partial charge in [0.1, 0.15) is 10.8 Å². The number of benzene rings is 1. The van der Waals surface area contributed by atoms with Gasteiger partial charge in [0.2, 0.25) is 5.13 Å². The highest BCUT2D eigenvalue weighted by Gasteiger charge is 2.22. The second-order valence-electron chi connectivity index (χ2n) is 6.19. The molecule has 0 saturated heterocycles. The predicted molar refractivity (Wildman–Crippen MR) is 95.8 cm³/mol. The molecule has 3 rings (SSSR count). The molecule has 1 saturated carbocycles. The van der Waals surface area contributed by atoms with Crippen molar-refractivity contribution < 1.29 is 9.53 Å². The molecule has 0 bridgehead atoms. The van der Waals surface area contributed by atoms with Crippen molar-refractivity contribution in [1.29, 1.82) is 0 Å². The molecule has 24 heavy (non-hydrogen) atoms. The van der Waals surface area contributed by atoms with Gasteiger partial charge >= 0.3 is 0 Å². The van der Waals surface area contributed by atoms with Crippen LogP contribution < -0.4 is 10.1 Å². The average molecular weight is 345 g/mol. The number of rotatable bonds is 8. The van der Waals surface area contributed by atoms with E-state index < -0.39 is 0 Å². The summed E-state index contributed by atoms with van der Waals surface area (Å²) in [5, 5.41) is 12.6. The van der Waals surface area contributed by atoms with E-state index in [1.165, 1.54) is 24.2 Å². The van der Waals surface area contributed by atoms with E-state index >= 15 is 0 Å². The number of aromatic nitrogens is 2. The van der Waals surface area contributed by atoms with Gasteiger partial charge in [0.25, 0.3) is 5.91 Å². The third-order valence-corrected chi connectivity index (χ3v) is 5.30. The highest BCUT2D eigenvalue weighted by atomic mass is 32.1. The molecule has 0 spiro atoms. The zero-order valence-corrected chi connectivity index (χ0v) is 14.9. The number of nitrogens with zero attached hydrogens (tertiary/aromatic N) is 2. The second-order valence-corrected chi connectivity index (χ2v) is 7.20. The highest BCUT2D eigenvalue weighted by Crippen LogP contribution is 2.30. The van der Waals surface area contributed by atoms with Gasteiger partial charge in [0.15, 0.2) is 0 Å². The quantitative estimate of drug-likeness (QED) is 0.766. The Bertz CT molecular complexity index is 676. The smallest absolute Gasteiger partial charge is 0.257 e. The van der Waals surface area contributed by atoms with Crippen molar-refractivity contribution in [3.05, 3.63) is 34.8 Å². The topological polar surface area (TPSA) is 64.1 Å². The summed E-state index contributed by atoms with van der Waals surface area (Å²) in [4.78, 5) is 12.3. The zero-order valence-electron chi connectivity index (χ0n) is 14.1. The number of anilines is 1. The Hall–Kier alpha value is -1.95. The Kier molecular flexibility index (Phi) is 5.45. The summed E-state index contributed by atoms with van der Waals surface area (Å²) in [5.74, 6) is 1.77. The molecule has 1 aliphatic carbocycles. The molecule has 1 amide bonds. The maximum absolute atomic E-state index is 12.3. The first-order valence-corrected chi connectivity index (χ1v) is 9.38. The van der Waals surface area contributed by atoms with E-state index in [9.17, 15) is 4.79 Å². The molecule has 1 aromatic carbocycles. The molecule has 1 aliphatic rings. The van der Waals surface area contributed by atoms with Crippen molar-refractivity contribution in [2.45, 2.75) is 45.4 Å². The first-order chi connectivity index (χ1) is 11.7. The minimum absolute atomic E-state index is 0.170. The molecule has 1 fully saturated rings. The Balaban J connectivity index is 1.57. The molecule has 2 aromatic rings. The zero-order chi connectivity index (χ0) is 16.9. The lowest BCUT2D eigenvalue weighted by Gasteiger charge is -2.06. The summed E-state index contributed by atoms with van der Waals surface area (Å²) in [6.45, 7) is 5.05. The molecule has 0 radical (unpaired) electrons. The SMILES string of the molecule is CCC(CC)c1nnc(NC(=O)c2ccc(OCC3CC3)cc2)s1. The van der Waals surface area contributed by atoms with Crippen LogP contribution in [0.3, 0.4) is 0 Å². The van der Waals surface area contributed by atoms with Gasteiger partial charge < -0.3 is 4.74 Å². The van der Waals surface area contributed by atoms with E-state index in [-0.39, 0.29) is 5.91 Å². The fourth-order valence-corrected chi connectivity index (χ4v) is 3.46. The minimum atomic E-state index is -0.170. The molecule has 1 aromatic heterocycles. The van der Waals surface area contributed by atoms with Crippen LogP contribution in [0.4, 0.5) is 5.13 Å². The standard InChI is InChI=1S/C18H23N3O2S/c1-3-13(4-2)17-20-21-18(24-17)19-16(22)14-7-9-15(10-8-14)23-11-12-5-6-12/h7-10,12-13H,3-6,11H2,1-2H3,(H,19,21,22). The van der Waals surface area contributed by atoms with Gasteiger partial charge in [0, 0.05) is 11.5 Å².